The Morgan fingerprint density at radius 3 is 2.67 bits per heavy atom. The third-order valence-electron chi connectivity index (χ3n) is 3.65. The third-order valence-corrected chi connectivity index (χ3v) is 3.65. The lowest BCUT2D eigenvalue weighted by molar-refractivity contribution is -0.120. The summed E-state index contributed by atoms with van der Waals surface area (Å²) in [5, 5.41) is 5.27. The van der Waals surface area contributed by atoms with Gasteiger partial charge in [0.1, 0.15) is 5.69 Å². The molecule has 0 fully saturated rings. The minimum atomic E-state index is -0.346. The van der Waals surface area contributed by atoms with E-state index in [4.69, 9.17) is 0 Å². The molecule has 1 aromatic rings. The third kappa shape index (κ3) is 3.32. The molecule has 0 spiro atoms. The van der Waals surface area contributed by atoms with Crippen LogP contribution in [0.15, 0.2) is 0 Å². The molecule has 0 radical (unpaired) electrons. The van der Waals surface area contributed by atoms with Crippen molar-refractivity contribution in [3.8, 4) is 0 Å². The van der Waals surface area contributed by atoms with E-state index in [1.165, 1.54) is 0 Å². The Morgan fingerprint density at radius 1 is 1.24 bits per heavy atom. The highest BCUT2D eigenvalue weighted by molar-refractivity contribution is 6.04. The number of amides is 2. The number of aromatic nitrogens is 1. The minimum absolute atomic E-state index is 0.0596. The number of rotatable bonds is 5. The van der Waals surface area contributed by atoms with Gasteiger partial charge in [0.05, 0.1) is 6.54 Å². The predicted octanol–water partition coefficient (Wildman–Crippen LogP) is 1.10. The molecule has 2 amide bonds. The number of aromatic amines is 1. The zero-order valence-corrected chi connectivity index (χ0v) is 12.5. The van der Waals surface area contributed by atoms with Crippen molar-refractivity contribution < 1.29 is 14.4 Å². The van der Waals surface area contributed by atoms with Crippen LogP contribution in [0.5, 0.6) is 0 Å². The van der Waals surface area contributed by atoms with E-state index in [-0.39, 0.29) is 24.1 Å². The number of carbonyl (C=O) groups excluding carboxylic acids is 3. The summed E-state index contributed by atoms with van der Waals surface area (Å²) in [6.45, 7) is 4.27. The van der Waals surface area contributed by atoms with Crippen molar-refractivity contribution in [2.45, 2.75) is 39.5 Å². The van der Waals surface area contributed by atoms with E-state index in [2.05, 4.69) is 15.6 Å². The lowest BCUT2D eigenvalue weighted by Crippen LogP contribution is -2.37. The smallest absolute Gasteiger partial charge is 0.268 e. The number of Topliss-reactive ketones (excluding diaryl/α,β-unsaturated/α-hetero) is 1. The van der Waals surface area contributed by atoms with Gasteiger partial charge in [-0.15, -0.1) is 0 Å². The quantitative estimate of drug-likeness (QED) is 0.758. The molecule has 1 aliphatic rings. The van der Waals surface area contributed by atoms with Crippen molar-refractivity contribution in [2.24, 2.45) is 0 Å². The molecule has 1 aromatic heterocycles. The second-order valence-corrected chi connectivity index (χ2v) is 5.29. The fourth-order valence-electron chi connectivity index (χ4n) is 2.58. The standard InChI is InChI=1S/C15H21N3O3/c1-3-7-16-12(20)8-17-15(21)14-9(2)13-10(18-14)5-4-6-11(13)19/h18H,3-8H2,1-2H3,(H,16,20)(H,17,21). The van der Waals surface area contributed by atoms with Crippen LogP contribution in [-0.4, -0.2) is 35.7 Å². The van der Waals surface area contributed by atoms with Crippen molar-refractivity contribution in [3.05, 3.63) is 22.5 Å². The van der Waals surface area contributed by atoms with Gasteiger partial charge in [-0.25, -0.2) is 0 Å². The summed E-state index contributed by atoms with van der Waals surface area (Å²) in [5.41, 5.74) is 2.56. The van der Waals surface area contributed by atoms with E-state index in [1.54, 1.807) is 6.92 Å². The van der Waals surface area contributed by atoms with Crippen LogP contribution < -0.4 is 10.6 Å². The molecule has 0 aliphatic heterocycles. The van der Waals surface area contributed by atoms with Crippen molar-refractivity contribution in [1.29, 1.82) is 0 Å². The average molecular weight is 291 g/mol. The number of hydrogen-bond donors (Lipinski definition) is 3. The molecule has 2 rings (SSSR count). The number of hydrogen-bond acceptors (Lipinski definition) is 3. The van der Waals surface area contributed by atoms with Crippen LogP contribution in [0.4, 0.5) is 0 Å². The van der Waals surface area contributed by atoms with Gasteiger partial charge in [-0.2, -0.15) is 0 Å². The van der Waals surface area contributed by atoms with Crippen LogP contribution in [0.1, 0.15) is 58.3 Å². The van der Waals surface area contributed by atoms with Crippen molar-refractivity contribution in [3.63, 3.8) is 0 Å². The number of H-pyrrole nitrogens is 1. The summed E-state index contributed by atoms with van der Waals surface area (Å²) in [6, 6.07) is 0. The monoisotopic (exact) mass is 291 g/mol. The van der Waals surface area contributed by atoms with Gasteiger partial charge in [0.2, 0.25) is 5.91 Å². The first kappa shape index (κ1) is 15.3. The molecule has 1 heterocycles. The predicted molar refractivity (Wildman–Crippen MR) is 78.4 cm³/mol. The SMILES string of the molecule is CCCNC(=O)CNC(=O)c1[nH]c2c(c1C)C(=O)CCC2. The molecule has 0 unspecified atom stereocenters. The summed E-state index contributed by atoms with van der Waals surface area (Å²) in [7, 11) is 0. The zero-order valence-electron chi connectivity index (χ0n) is 12.5. The van der Waals surface area contributed by atoms with Crippen molar-refractivity contribution >= 4 is 17.6 Å². The Labute approximate surface area is 123 Å². The highest BCUT2D eigenvalue weighted by Gasteiger charge is 2.26. The Kier molecular flexibility index (Phi) is 4.77. The highest BCUT2D eigenvalue weighted by Crippen LogP contribution is 2.26. The zero-order chi connectivity index (χ0) is 15.4. The van der Waals surface area contributed by atoms with Crippen LogP contribution in [-0.2, 0) is 11.2 Å². The number of nitrogens with one attached hydrogen (secondary N) is 3. The lowest BCUT2D eigenvalue weighted by atomic mass is 9.94. The largest absolute Gasteiger partial charge is 0.355 e. The van der Waals surface area contributed by atoms with Crippen LogP contribution in [0.2, 0.25) is 0 Å². The minimum Gasteiger partial charge on any atom is -0.355 e. The van der Waals surface area contributed by atoms with E-state index >= 15 is 0 Å². The summed E-state index contributed by atoms with van der Waals surface area (Å²) >= 11 is 0. The Morgan fingerprint density at radius 2 is 2.00 bits per heavy atom. The van der Waals surface area contributed by atoms with Crippen molar-refractivity contribution in [1.82, 2.24) is 15.6 Å². The Bertz CT molecular complexity index is 575. The van der Waals surface area contributed by atoms with Gasteiger partial charge in [-0.05, 0) is 31.7 Å². The molecule has 0 bridgehead atoms. The van der Waals surface area contributed by atoms with E-state index in [0.717, 1.165) is 25.0 Å². The summed E-state index contributed by atoms with van der Waals surface area (Å²) in [6.07, 6.45) is 2.98. The van der Waals surface area contributed by atoms with E-state index in [9.17, 15) is 14.4 Å². The number of fused-ring (bicyclic) bond motifs is 1. The number of ketones is 1. The van der Waals surface area contributed by atoms with Crippen LogP contribution in [0, 0.1) is 6.92 Å². The van der Waals surface area contributed by atoms with E-state index < -0.39 is 0 Å². The van der Waals surface area contributed by atoms with Crippen LogP contribution in [0.3, 0.4) is 0 Å². The van der Waals surface area contributed by atoms with Crippen LogP contribution in [0.25, 0.3) is 0 Å². The fraction of sp³-hybridized carbons (Fsp3) is 0.533. The topological polar surface area (TPSA) is 91.1 Å². The van der Waals surface area contributed by atoms with Crippen LogP contribution >= 0.6 is 0 Å². The molecule has 0 atom stereocenters. The Balaban J connectivity index is 2.03. The first-order valence-corrected chi connectivity index (χ1v) is 7.34. The lowest BCUT2D eigenvalue weighted by Gasteiger charge is -2.09. The molecule has 1 aliphatic carbocycles. The van der Waals surface area contributed by atoms with Gasteiger partial charge in [0.15, 0.2) is 5.78 Å². The second kappa shape index (κ2) is 6.56. The molecular formula is C15H21N3O3. The maximum absolute atomic E-state index is 12.1. The fourth-order valence-corrected chi connectivity index (χ4v) is 2.58. The maximum Gasteiger partial charge on any atom is 0.268 e. The van der Waals surface area contributed by atoms with Gasteiger partial charge in [0, 0.05) is 24.2 Å². The second-order valence-electron chi connectivity index (χ2n) is 5.29. The molecule has 114 valence electrons. The number of carbonyl (C=O) groups is 3. The van der Waals surface area contributed by atoms with Gasteiger partial charge in [-0.1, -0.05) is 6.92 Å². The number of aryl methyl sites for hydroxylation is 1. The average Bonchev–Trinajstić information content (AvgIpc) is 2.81. The summed E-state index contributed by atoms with van der Waals surface area (Å²) in [5.74, 6) is -0.471. The summed E-state index contributed by atoms with van der Waals surface area (Å²) < 4.78 is 0. The first-order valence-electron chi connectivity index (χ1n) is 7.34. The van der Waals surface area contributed by atoms with Gasteiger partial charge >= 0.3 is 0 Å². The molecule has 0 saturated heterocycles. The van der Waals surface area contributed by atoms with Gasteiger partial charge in [0.25, 0.3) is 5.91 Å². The van der Waals surface area contributed by atoms with E-state index in [0.29, 0.717) is 29.8 Å². The first-order chi connectivity index (χ1) is 10.0. The molecule has 21 heavy (non-hydrogen) atoms. The normalized spacial score (nSPS) is 13.7. The van der Waals surface area contributed by atoms with E-state index in [1.807, 2.05) is 6.92 Å². The highest BCUT2D eigenvalue weighted by atomic mass is 16.2. The summed E-state index contributed by atoms with van der Waals surface area (Å²) in [4.78, 5) is 38.6. The Hall–Kier alpha value is -2.11. The van der Waals surface area contributed by atoms with Gasteiger partial charge < -0.3 is 15.6 Å². The molecular weight excluding hydrogens is 270 g/mol. The molecule has 3 N–H and O–H groups in total. The van der Waals surface area contributed by atoms with Gasteiger partial charge in [-0.3, -0.25) is 14.4 Å². The molecule has 0 saturated carbocycles. The molecule has 6 heteroatoms. The maximum atomic E-state index is 12.1. The van der Waals surface area contributed by atoms with Crippen molar-refractivity contribution in [2.75, 3.05) is 13.1 Å². The molecule has 6 nitrogen and oxygen atoms in total. The molecule has 0 aromatic carbocycles.